The topological polar surface area (TPSA) is 55.6 Å². The van der Waals surface area contributed by atoms with Gasteiger partial charge in [0.1, 0.15) is 6.10 Å². The minimum absolute atomic E-state index is 0.0107. The fourth-order valence-corrected chi connectivity index (χ4v) is 2.24. The third kappa shape index (κ3) is 2.71. The molecule has 1 aliphatic rings. The van der Waals surface area contributed by atoms with Gasteiger partial charge in [0.2, 0.25) is 0 Å². The molecule has 2 unspecified atom stereocenters. The number of rotatable bonds is 3. The molecule has 1 saturated heterocycles. The predicted octanol–water partition coefficient (Wildman–Crippen LogP) is 1.46. The third-order valence-corrected chi connectivity index (χ3v) is 3.37. The number of nitrogens with two attached hydrogens (primary N) is 1. The van der Waals surface area contributed by atoms with Gasteiger partial charge in [0.15, 0.2) is 0 Å². The zero-order chi connectivity index (χ0) is 13.1. The maximum absolute atomic E-state index is 12.3. The first-order valence-corrected chi connectivity index (χ1v) is 6.31. The Kier molecular flexibility index (Phi) is 3.99. The van der Waals surface area contributed by atoms with Crippen LogP contribution in [0.25, 0.3) is 0 Å². The van der Waals surface area contributed by atoms with Crippen LogP contribution in [0.2, 0.25) is 0 Å². The number of hydrogen-bond donors (Lipinski definition) is 1. The van der Waals surface area contributed by atoms with E-state index in [4.69, 9.17) is 10.5 Å². The van der Waals surface area contributed by atoms with E-state index in [-0.39, 0.29) is 18.1 Å². The molecule has 2 atom stereocenters. The number of likely N-dealkylation sites (N-methyl/N-ethyl adjacent to an activating group) is 1. The number of aryl methyl sites for hydroxylation is 1. The van der Waals surface area contributed by atoms with Crippen molar-refractivity contribution in [2.75, 3.05) is 18.5 Å². The van der Waals surface area contributed by atoms with Gasteiger partial charge < -0.3 is 15.4 Å². The minimum Gasteiger partial charge on any atom is -0.364 e. The molecule has 1 amide bonds. The smallest absolute Gasteiger partial charge is 0.255 e. The summed E-state index contributed by atoms with van der Waals surface area (Å²) < 4.78 is 5.63. The van der Waals surface area contributed by atoms with E-state index >= 15 is 0 Å². The molecule has 0 aromatic heterocycles. The van der Waals surface area contributed by atoms with Crippen molar-refractivity contribution in [2.45, 2.75) is 32.0 Å². The van der Waals surface area contributed by atoms with E-state index in [0.717, 1.165) is 24.1 Å². The summed E-state index contributed by atoms with van der Waals surface area (Å²) in [7, 11) is 1.79. The molecule has 0 aliphatic carbocycles. The summed E-state index contributed by atoms with van der Waals surface area (Å²) in [5.41, 5.74) is 7.59. The second kappa shape index (κ2) is 5.50. The summed E-state index contributed by atoms with van der Waals surface area (Å²) in [6.45, 7) is 2.50. The van der Waals surface area contributed by atoms with Gasteiger partial charge in [-0.2, -0.15) is 0 Å². The Bertz CT molecular complexity index is 434. The molecule has 0 radical (unpaired) electrons. The summed E-state index contributed by atoms with van der Waals surface area (Å²) >= 11 is 0. The summed E-state index contributed by atoms with van der Waals surface area (Å²) in [6.07, 6.45) is 1.32. The highest BCUT2D eigenvalue weighted by molar-refractivity contribution is 5.96. The lowest BCUT2D eigenvalue weighted by molar-refractivity contribution is -0.128. The molecule has 0 spiro atoms. The van der Waals surface area contributed by atoms with Crippen molar-refractivity contribution in [1.82, 2.24) is 0 Å². The molecule has 4 heteroatoms. The first-order valence-electron chi connectivity index (χ1n) is 6.31. The molecule has 1 aliphatic heterocycles. The van der Waals surface area contributed by atoms with Crippen molar-refractivity contribution in [2.24, 2.45) is 5.73 Å². The van der Waals surface area contributed by atoms with Gasteiger partial charge >= 0.3 is 0 Å². The van der Waals surface area contributed by atoms with Crippen molar-refractivity contribution in [3.8, 4) is 0 Å². The zero-order valence-electron chi connectivity index (χ0n) is 10.9. The zero-order valence-corrected chi connectivity index (χ0v) is 10.9. The van der Waals surface area contributed by atoms with Crippen LogP contribution in [0.3, 0.4) is 0 Å². The molecule has 0 saturated carbocycles. The van der Waals surface area contributed by atoms with E-state index in [1.54, 1.807) is 11.9 Å². The summed E-state index contributed by atoms with van der Waals surface area (Å²) in [6, 6.07) is 7.89. The molecule has 2 N–H and O–H groups in total. The van der Waals surface area contributed by atoms with Crippen molar-refractivity contribution in [1.29, 1.82) is 0 Å². The Hall–Kier alpha value is -1.39. The van der Waals surface area contributed by atoms with E-state index in [1.807, 2.05) is 31.2 Å². The summed E-state index contributed by atoms with van der Waals surface area (Å²) in [4.78, 5) is 13.9. The van der Waals surface area contributed by atoms with E-state index in [2.05, 4.69) is 0 Å². The van der Waals surface area contributed by atoms with Crippen molar-refractivity contribution < 1.29 is 9.53 Å². The van der Waals surface area contributed by atoms with Gasteiger partial charge in [-0.15, -0.1) is 0 Å². The van der Waals surface area contributed by atoms with Gasteiger partial charge in [0.05, 0.1) is 6.10 Å². The Balaban J connectivity index is 2.05. The van der Waals surface area contributed by atoms with Crippen LogP contribution in [0.5, 0.6) is 0 Å². The number of carbonyl (C=O) groups excluding carboxylic acids is 1. The third-order valence-electron chi connectivity index (χ3n) is 3.37. The van der Waals surface area contributed by atoms with Crippen LogP contribution in [-0.4, -0.2) is 31.7 Å². The molecule has 18 heavy (non-hydrogen) atoms. The van der Waals surface area contributed by atoms with Gasteiger partial charge in [-0.05, 0) is 37.5 Å². The van der Waals surface area contributed by atoms with E-state index in [0.29, 0.717) is 6.54 Å². The quantitative estimate of drug-likeness (QED) is 0.881. The Labute approximate surface area is 108 Å². The van der Waals surface area contributed by atoms with Crippen LogP contribution >= 0.6 is 0 Å². The number of ether oxygens (including phenoxy) is 1. The molecule has 4 nitrogen and oxygen atoms in total. The Morgan fingerprint density at radius 3 is 2.89 bits per heavy atom. The number of hydrogen-bond acceptors (Lipinski definition) is 3. The molecule has 2 rings (SSSR count). The fourth-order valence-electron chi connectivity index (χ4n) is 2.24. The lowest BCUT2D eigenvalue weighted by Crippen LogP contribution is -2.37. The Morgan fingerprint density at radius 2 is 2.28 bits per heavy atom. The van der Waals surface area contributed by atoms with Gasteiger partial charge in [-0.25, -0.2) is 0 Å². The van der Waals surface area contributed by atoms with E-state index < -0.39 is 0 Å². The summed E-state index contributed by atoms with van der Waals surface area (Å²) in [5.74, 6) is 0.0107. The molecule has 1 heterocycles. The maximum atomic E-state index is 12.3. The number of carbonyl (C=O) groups is 1. The lowest BCUT2D eigenvalue weighted by Gasteiger charge is -2.21. The first kappa shape index (κ1) is 13.1. The highest BCUT2D eigenvalue weighted by Crippen LogP contribution is 2.23. The SMILES string of the molecule is Cc1cccc(N(C)C(=O)C2CCC(CN)O2)c1. The highest BCUT2D eigenvalue weighted by atomic mass is 16.5. The average Bonchev–Trinajstić information content (AvgIpc) is 2.85. The molecule has 1 aromatic carbocycles. The largest absolute Gasteiger partial charge is 0.364 e. The monoisotopic (exact) mass is 248 g/mol. The molecular weight excluding hydrogens is 228 g/mol. The summed E-state index contributed by atoms with van der Waals surface area (Å²) in [5, 5.41) is 0. The van der Waals surface area contributed by atoms with Crippen LogP contribution in [0.4, 0.5) is 5.69 Å². The van der Waals surface area contributed by atoms with Crippen molar-refractivity contribution >= 4 is 11.6 Å². The van der Waals surface area contributed by atoms with Gasteiger partial charge in [0.25, 0.3) is 5.91 Å². The molecule has 0 bridgehead atoms. The standard InChI is InChI=1S/C14H20N2O2/c1-10-4-3-5-11(8-10)16(2)14(17)13-7-6-12(9-15)18-13/h3-5,8,12-13H,6-7,9,15H2,1-2H3. The fraction of sp³-hybridized carbons (Fsp3) is 0.500. The molecular formula is C14H20N2O2. The second-order valence-corrected chi connectivity index (χ2v) is 4.80. The Morgan fingerprint density at radius 1 is 1.50 bits per heavy atom. The molecule has 98 valence electrons. The van der Waals surface area contributed by atoms with Crippen LogP contribution in [0.1, 0.15) is 18.4 Å². The van der Waals surface area contributed by atoms with Crippen LogP contribution in [-0.2, 0) is 9.53 Å². The molecule has 1 fully saturated rings. The average molecular weight is 248 g/mol. The number of amides is 1. The predicted molar refractivity (Wildman–Crippen MR) is 71.5 cm³/mol. The van der Waals surface area contributed by atoms with Crippen LogP contribution < -0.4 is 10.6 Å². The minimum atomic E-state index is -0.343. The second-order valence-electron chi connectivity index (χ2n) is 4.80. The highest BCUT2D eigenvalue weighted by Gasteiger charge is 2.32. The van der Waals surface area contributed by atoms with E-state index in [9.17, 15) is 4.79 Å². The van der Waals surface area contributed by atoms with Crippen LogP contribution in [0.15, 0.2) is 24.3 Å². The van der Waals surface area contributed by atoms with E-state index in [1.165, 1.54) is 0 Å². The lowest BCUT2D eigenvalue weighted by atomic mass is 10.1. The maximum Gasteiger partial charge on any atom is 0.255 e. The number of benzene rings is 1. The van der Waals surface area contributed by atoms with Crippen molar-refractivity contribution in [3.63, 3.8) is 0 Å². The van der Waals surface area contributed by atoms with Crippen molar-refractivity contribution in [3.05, 3.63) is 29.8 Å². The number of nitrogens with zero attached hydrogens (tertiary/aromatic N) is 1. The molecule has 1 aromatic rings. The van der Waals surface area contributed by atoms with Gasteiger partial charge in [-0.1, -0.05) is 12.1 Å². The van der Waals surface area contributed by atoms with Gasteiger partial charge in [0, 0.05) is 19.3 Å². The van der Waals surface area contributed by atoms with Gasteiger partial charge in [-0.3, -0.25) is 4.79 Å². The number of anilines is 1. The first-order chi connectivity index (χ1) is 8.61. The van der Waals surface area contributed by atoms with Crippen LogP contribution in [0, 0.1) is 6.92 Å². The normalized spacial score (nSPS) is 23.1.